The third kappa shape index (κ3) is 2.27. The fourth-order valence-corrected chi connectivity index (χ4v) is 1.22. The Morgan fingerprint density at radius 2 is 2.15 bits per heavy atom. The van der Waals surface area contributed by atoms with Gasteiger partial charge in [-0.05, 0) is 6.92 Å². The molecule has 5 nitrogen and oxygen atoms in total. The van der Waals surface area contributed by atoms with Gasteiger partial charge in [-0.15, -0.1) is 0 Å². The van der Waals surface area contributed by atoms with Crippen molar-refractivity contribution in [3.8, 4) is 0 Å². The number of hydrogen-bond acceptors (Lipinski definition) is 5. The molecule has 0 bridgehead atoms. The number of aromatic nitrogens is 2. The monoisotopic (exact) mass is 204 g/mol. The van der Waals surface area contributed by atoms with Gasteiger partial charge in [0.2, 0.25) is 5.89 Å². The van der Waals surface area contributed by atoms with Crippen molar-refractivity contribution >= 4 is 9.84 Å². The minimum absolute atomic E-state index is 0.166. The number of rotatable bonds is 3. The maximum absolute atomic E-state index is 11.1. The molecule has 0 amide bonds. The minimum Gasteiger partial charge on any atom is -0.338 e. The van der Waals surface area contributed by atoms with Crippen molar-refractivity contribution in [3.05, 3.63) is 11.7 Å². The maximum Gasteiger partial charge on any atom is 0.244 e. The lowest BCUT2D eigenvalue weighted by molar-refractivity contribution is 0.372. The second kappa shape index (κ2) is 3.45. The van der Waals surface area contributed by atoms with Gasteiger partial charge in [0.25, 0.3) is 0 Å². The summed E-state index contributed by atoms with van der Waals surface area (Å²) >= 11 is 0. The average molecular weight is 204 g/mol. The fourth-order valence-electron chi connectivity index (χ4n) is 0.759. The van der Waals surface area contributed by atoms with Crippen LogP contribution in [-0.4, -0.2) is 24.8 Å². The van der Waals surface area contributed by atoms with E-state index in [9.17, 15) is 8.42 Å². The first-order chi connectivity index (χ1) is 5.95. The van der Waals surface area contributed by atoms with Gasteiger partial charge in [-0.1, -0.05) is 12.1 Å². The zero-order valence-corrected chi connectivity index (χ0v) is 8.63. The molecule has 0 saturated carbocycles. The number of hydrogen-bond donors (Lipinski definition) is 0. The van der Waals surface area contributed by atoms with E-state index in [0.717, 1.165) is 6.26 Å². The normalized spacial score (nSPS) is 14.4. The second-order valence-corrected chi connectivity index (χ2v) is 5.24. The number of aryl methyl sites for hydroxylation is 1. The molecule has 13 heavy (non-hydrogen) atoms. The van der Waals surface area contributed by atoms with Gasteiger partial charge in [0.15, 0.2) is 15.7 Å². The first kappa shape index (κ1) is 10.2. The Morgan fingerprint density at radius 3 is 2.54 bits per heavy atom. The molecule has 0 aromatic carbocycles. The van der Waals surface area contributed by atoms with Crippen LogP contribution >= 0.6 is 0 Å². The van der Waals surface area contributed by atoms with Crippen LogP contribution in [0, 0.1) is 0 Å². The minimum atomic E-state index is -3.15. The molecule has 0 aliphatic heterocycles. The predicted octanol–water partition coefficient (Wildman–Crippen LogP) is 0.738. The molecule has 1 rings (SSSR count). The average Bonchev–Trinajstić information content (AvgIpc) is 2.48. The largest absolute Gasteiger partial charge is 0.338 e. The summed E-state index contributed by atoms with van der Waals surface area (Å²) in [6.45, 7) is 3.40. The smallest absolute Gasteiger partial charge is 0.244 e. The van der Waals surface area contributed by atoms with Crippen LogP contribution in [0.2, 0.25) is 0 Å². The third-order valence-corrected chi connectivity index (χ3v) is 3.28. The second-order valence-electron chi connectivity index (χ2n) is 2.87. The highest BCUT2D eigenvalue weighted by molar-refractivity contribution is 7.90. The van der Waals surface area contributed by atoms with Crippen LogP contribution in [0.25, 0.3) is 0 Å². The molecular formula is C7H12N2O3S. The molecule has 1 heterocycles. The number of nitrogens with zero attached hydrogens (tertiary/aromatic N) is 2. The molecule has 74 valence electrons. The summed E-state index contributed by atoms with van der Waals surface area (Å²) in [5.41, 5.74) is 0. The van der Waals surface area contributed by atoms with Crippen molar-refractivity contribution in [3.63, 3.8) is 0 Å². The maximum atomic E-state index is 11.1. The van der Waals surface area contributed by atoms with Gasteiger partial charge in [0.05, 0.1) is 0 Å². The van der Waals surface area contributed by atoms with Crippen molar-refractivity contribution in [2.75, 3.05) is 6.26 Å². The summed E-state index contributed by atoms with van der Waals surface area (Å²) in [4.78, 5) is 3.94. The van der Waals surface area contributed by atoms with Gasteiger partial charge < -0.3 is 4.52 Å². The molecular weight excluding hydrogens is 192 g/mol. The van der Waals surface area contributed by atoms with Gasteiger partial charge in [0.1, 0.15) is 5.25 Å². The van der Waals surface area contributed by atoms with Crippen LogP contribution in [-0.2, 0) is 16.3 Å². The summed E-state index contributed by atoms with van der Waals surface area (Å²) in [5, 5.41) is 2.90. The Hall–Kier alpha value is -0.910. The van der Waals surface area contributed by atoms with Gasteiger partial charge in [0, 0.05) is 12.7 Å². The Labute approximate surface area is 77.1 Å². The molecule has 1 atom stereocenters. The first-order valence-electron chi connectivity index (χ1n) is 3.96. The lowest BCUT2D eigenvalue weighted by Gasteiger charge is -2.01. The molecule has 0 radical (unpaired) electrons. The van der Waals surface area contributed by atoms with Crippen LogP contribution < -0.4 is 0 Å². The highest BCUT2D eigenvalue weighted by atomic mass is 32.2. The Morgan fingerprint density at radius 1 is 1.54 bits per heavy atom. The lowest BCUT2D eigenvalue weighted by Crippen LogP contribution is -2.07. The van der Waals surface area contributed by atoms with E-state index >= 15 is 0 Å². The van der Waals surface area contributed by atoms with Gasteiger partial charge in [-0.2, -0.15) is 4.98 Å². The molecule has 1 aromatic rings. The van der Waals surface area contributed by atoms with E-state index < -0.39 is 15.1 Å². The first-order valence-corrected chi connectivity index (χ1v) is 5.92. The highest BCUT2D eigenvalue weighted by Crippen LogP contribution is 2.18. The molecule has 0 spiro atoms. The molecule has 0 fully saturated rings. The van der Waals surface area contributed by atoms with Crippen LogP contribution in [0.4, 0.5) is 0 Å². The number of sulfone groups is 1. The van der Waals surface area contributed by atoms with E-state index in [4.69, 9.17) is 4.52 Å². The van der Waals surface area contributed by atoms with Crippen LogP contribution in [0.5, 0.6) is 0 Å². The summed E-state index contributed by atoms with van der Waals surface area (Å²) in [5.74, 6) is 0.699. The molecule has 0 saturated heterocycles. The van der Waals surface area contributed by atoms with Crippen LogP contribution in [0.3, 0.4) is 0 Å². The van der Waals surface area contributed by atoms with E-state index in [-0.39, 0.29) is 5.89 Å². The molecule has 0 aliphatic carbocycles. The predicted molar refractivity (Wildman–Crippen MR) is 46.9 cm³/mol. The van der Waals surface area contributed by atoms with Crippen molar-refractivity contribution < 1.29 is 12.9 Å². The molecule has 0 aliphatic rings. The van der Waals surface area contributed by atoms with E-state index in [1.54, 1.807) is 0 Å². The summed E-state index contributed by atoms with van der Waals surface area (Å²) in [6.07, 6.45) is 1.79. The zero-order chi connectivity index (χ0) is 10.1. The Kier molecular flexibility index (Phi) is 2.70. The summed E-state index contributed by atoms with van der Waals surface area (Å²) in [7, 11) is -3.15. The van der Waals surface area contributed by atoms with Crippen molar-refractivity contribution in [1.82, 2.24) is 10.1 Å². The van der Waals surface area contributed by atoms with Crippen LogP contribution in [0.1, 0.15) is 30.8 Å². The SMILES string of the molecule is CCc1noc(C(C)S(C)(=O)=O)n1. The van der Waals surface area contributed by atoms with Crippen molar-refractivity contribution in [2.24, 2.45) is 0 Å². The lowest BCUT2D eigenvalue weighted by atomic mass is 10.4. The van der Waals surface area contributed by atoms with Gasteiger partial charge in [-0.25, -0.2) is 8.42 Å². The van der Waals surface area contributed by atoms with E-state index in [0.29, 0.717) is 12.2 Å². The van der Waals surface area contributed by atoms with Gasteiger partial charge in [-0.3, -0.25) is 0 Å². The highest BCUT2D eigenvalue weighted by Gasteiger charge is 2.23. The quantitative estimate of drug-likeness (QED) is 0.726. The summed E-state index contributed by atoms with van der Waals surface area (Å²) < 4.78 is 27.0. The van der Waals surface area contributed by atoms with E-state index in [2.05, 4.69) is 10.1 Å². The Bertz CT molecular complexity index is 382. The molecule has 0 N–H and O–H groups in total. The van der Waals surface area contributed by atoms with E-state index in [1.807, 2.05) is 6.92 Å². The Balaban J connectivity index is 2.96. The fraction of sp³-hybridized carbons (Fsp3) is 0.714. The van der Waals surface area contributed by atoms with Crippen molar-refractivity contribution in [1.29, 1.82) is 0 Å². The van der Waals surface area contributed by atoms with E-state index in [1.165, 1.54) is 6.92 Å². The van der Waals surface area contributed by atoms with Crippen molar-refractivity contribution in [2.45, 2.75) is 25.5 Å². The molecule has 1 aromatic heterocycles. The molecule has 1 unspecified atom stereocenters. The summed E-state index contributed by atoms with van der Waals surface area (Å²) in [6, 6.07) is 0. The zero-order valence-electron chi connectivity index (χ0n) is 7.81. The third-order valence-electron chi connectivity index (χ3n) is 1.79. The standard InChI is InChI=1S/C7H12N2O3S/c1-4-6-8-7(12-9-6)5(2)13(3,10)11/h5H,4H2,1-3H3. The van der Waals surface area contributed by atoms with Gasteiger partial charge >= 0.3 is 0 Å². The topological polar surface area (TPSA) is 73.1 Å². The van der Waals surface area contributed by atoms with Crippen LogP contribution in [0.15, 0.2) is 4.52 Å². The molecule has 6 heteroatoms.